The zero-order valence-electron chi connectivity index (χ0n) is 17.1. The van der Waals surface area contributed by atoms with Crippen LogP contribution in [-0.4, -0.2) is 58.5 Å². The van der Waals surface area contributed by atoms with Crippen molar-refractivity contribution in [2.75, 3.05) is 33.2 Å². The van der Waals surface area contributed by atoms with Gasteiger partial charge < -0.3 is 19.4 Å². The third kappa shape index (κ3) is 3.98. The van der Waals surface area contributed by atoms with Crippen LogP contribution < -0.4 is 5.56 Å². The highest BCUT2D eigenvalue weighted by atomic mass is 16.2. The minimum absolute atomic E-state index is 0.135. The predicted octanol–water partition coefficient (Wildman–Crippen LogP) is 2.66. The van der Waals surface area contributed by atoms with Crippen LogP contribution in [0.2, 0.25) is 0 Å². The molecule has 0 saturated carbocycles. The molecule has 1 fully saturated rings. The summed E-state index contributed by atoms with van der Waals surface area (Å²) in [4.78, 5) is 33.6. The van der Waals surface area contributed by atoms with Crippen molar-refractivity contribution in [1.29, 1.82) is 0 Å². The van der Waals surface area contributed by atoms with Gasteiger partial charge in [-0.05, 0) is 56.6 Å². The number of aromatic amines is 1. The van der Waals surface area contributed by atoms with Gasteiger partial charge in [0, 0.05) is 49.5 Å². The highest BCUT2D eigenvalue weighted by molar-refractivity contribution is 5.95. The summed E-state index contributed by atoms with van der Waals surface area (Å²) in [5, 5.41) is 1.18. The largest absolute Gasteiger partial charge is 0.361 e. The van der Waals surface area contributed by atoms with Crippen LogP contribution >= 0.6 is 0 Å². The van der Waals surface area contributed by atoms with Crippen LogP contribution in [0.1, 0.15) is 27.9 Å². The number of nitrogens with zero attached hydrogens (tertiary/aromatic N) is 3. The second-order valence-electron chi connectivity index (χ2n) is 7.93. The van der Waals surface area contributed by atoms with Crippen LogP contribution in [0.3, 0.4) is 0 Å². The number of nitrogens with one attached hydrogen (secondary N) is 1. The van der Waals surface area contributed by atoms with Crippen molar-refractivity contribution >= 4 is 16.8 Å². The molecule has 0 unspecified atom stereocenters. The molecule has 0 radical (unpaired) electrons. The molecular weight excluding hydrogens is 364 g/mol. The zero-order valence-corrected chi connectivity index (χ0v) is 17.1. The van der Waals surface area contributed by atoms with E-state index in [2.05, 4.69) is 23.0 Å². The second-order valence-corrected chi connectivity index (χ2v) is 7.93. The number of fused-ring (bicyclic) bond motifs is 1. The van der Waals surface area contributed by atoms with E-state index in [1.165, 1.54) is 10.9 Å². The van der Waals surface area contributed by atoms with E-state index in [4.69, 9.17) is 0 Å². The lowest BCUT2D eigenvalue weighted by molar-refractivity contribution is 0.0759. The number of H-pyrrole nitrogens is 1. The molecule has 1 saturated heterocycles. The van der Waals surface area contributed by atoms with Gasteiger partial charge in [-0.3, -0.25) is 9.59 Å². The van der Waals surface area contributed by atoms with E-state index in [0.717, 1.165) is 37.0 Å². The molecule has 3 heterocycles. The first-order valence-corrected chi connectivity index (χ1v) is 10.3. The minimum Gasteiger partial charge on any atom is -0.361 e. The van der Waals surface area contributed by atoms with Gasteiger partial charge in [-0.2, -0.15) is 0 Å². The molecular formula is C23H28N4O2. The van der Waals surface area contributed by atoms with Gasteiger partial charge in [-0.25, -0.2) is 0 Å². The maximum atomic E-state index is 13.1. The minimum atomic E-state index is -0.188. The van der Waals surface area contributed by atoms with Crippen molar-refractivity contribution in [2.45, 2.75) is 26.3 Å². The van der Waals surface area contributed by atoms with Crippen molar-refractivity contribution in [1.82, 2.24) is 19.4 Å². The Labute approximate surface area is 170 Å². The maximum Gasteiger partial charge on any atom is 0.263 e. The molecule has 29 heavy (non-hydrogen) atoms. The van der Waals surface area contributed by atoms with E-state index < -0.39 is 0 Å². The third-order valence-electron chi connectivity index (χ3n) is 5.89. The van der Waals surface area contributed by atoms with E-state index in [0.29, 0.717) is 25.2 Å². The van der Waals surface area contributed by atoms with E-state index in [1.807, 2.05) is 42.3 Å². The van der Waals surface area contributed by atoms with E-state index in [9.17, 15) is 9.59 Å². The van der Waals surface area contributed by atoms with Crippen LogP contribution in [0, 0.1) is 6.92 Å². The Kier molecular flexibility index (Phi) is 5.53. The van der Waals surface area contributed by atoms with E-state index in [1.54, 1.807) is 10.8 Å². The SMILES string of the molecule is Cc1ccn(CCc2c[nH]c3ccccc23)c(=O)c1C(=O)N1CCCN(C)CC1. The number of aromatic nitrogens is 2. The molecule has 1 aliphatic rings. The normalized spacial score (nSPS) is 15.6. The lowest BCUT2D eigenvalue weighted by atomic mass is 10.1. The number of pyridine rings is 1. The predicted molar refractivity (Wildman–Crippen MR) is 115 cm³/mol. The quantitative estimate of drug-likeness (QED) is 0.743. The monoisotopic (exact) mass is 392 g/mol. The summed E-state index contributed by atoms with van der Waals surface area (Å²) in [7, 11) is 2.07. The summed E-state index contributed by atoms with van der Waals surface area (Å²) in [5.41, 5.74) is 3.15. The van der Waals surface area contributed by atoms with Crippen molar-refractivity contribution in [3.05, 3.63) is 69.8 Å². The fraction of sp³-hybridized carbons (Fsp3) is 0.391. The molecule has 1 N–H and O–H groups in total. The summed E-state index contributed by atoms with van der Waals surface area (Å²) in [6, 6.07) is 10.0. The van der Waals surface area contributed by atoms with Gasteiger partial charge >= 0.3 is 0 Å². The fourth-order valence-electron chi connectivity index (χ4n) is 4.09. The molecule has 152 valence electrons. The Morgan fingerprint density at radius 2 is 1.93 bits per heavy atom. The Balaban J connectivity index is 1.56. The van der Waals surface area contributed by atoms with Gasteiger partial charge in [0.15, 0.2) is 0 Å². The molecule has 6 heteroatoms. The number of carbonyl (C=O) groups is 1. The number of benzene rings is 1. The zero-order chi connectivity index (χ0) is 20.4. The van der Waals surface area contributed by atoms with Crippen LogP contribution in [0.5, 0.6) is 0 Å². The summed E-state index contributed by atoms with van der Waals surface area (Å²) < 4.78 is 1.67. The smallest absolute Gasteiger partial charge is 0.263 e. The van der Waals surface area contributed by atoms with Crippen molar-refractivity contribution in [3.8, 4) is 0 Å². The van der Waals surface area contributed by atoms with Crippen LogP contribution in [0.15, 0.2) is 47.5 Å². The van der Waals surface area contributed by atoms with E-state index >= 15 is 0 Å². The molecule has 1 aliphatic heterocycles. The van der Waals surface area contributed by atoms with Crippen LogP contribution in [-0.2, 0) is 13.0 Å². The number of amides is 1. The fourth-order valence-corrected chi connectivity index (χ4v) is 4.09. The molecule has 0 aliphatic carbocycles. The number of para-hydroxylation sites is 1. The summed E-state index contributed by atoms with van der Waals surface area (Å²) in [5.74, 6) is -0.135. The number of hydrogen-bond acceptors (Lipinski definition) is 3. The first-order valence-electron chi connectivity index (χ1n) is 10.3. The van der Waals surface area contributed by atoms with Gasteiger partial charge in [0.25, 0.3) is 11.5 Å². The van der Waals surface area contributed by atoms with Gasteiger partial charge in [-0.1, -0.05) is 18.2 Å². The molecule has 2 aromatic heterocycles. The number of rotatable bonds is 4. The standard InChI is InChI=1S/C23H28N4O2/c1-17-8-12-27(13-9-18-16-24-20-7-4-3-6-19(18)20)23(29)21(17)22(28)26-11-5-10-25(2)14-15-26/h3-4,6-8,12,16,24H,5,9-11,13-15H2,1-2H3. The molecule has 1 aromatic carbocycles. The maximum absolute atomic E-state index is 13.1. The Hall–Kier alpha value is -2.86. The number of aryl methyl sites for hydroxylation is 3. The Morgan fingerprint density at radius 1 is 1.10 bits per heavy atom. The lowest BCUT2D eigenvalue weighted by Crippen LogP contribution is -2.39. The first-order chi connectivity index (χ1) is 14.0. The van der Waals surface area contributed by atoms with Gasteiger partial charge in [0.05, 0.1) is 0 Å². The molecule has 0 bridgehead atoms. The average Bonchev–Trinajstić information content (AvgIpc) is 3.00. The molecule has 6 nitrogen and oxygen atoms in total. The Morgan fingerprint density at radius 3 is 2.79 bits per heavy atom. The lowest BCUT2D eigenvalue weighted by Gasteiger charge is -2.21. The number of likely N-dealkylation sites (N-methyl/N-ethyl adjacent to an activating group) is 1. The number of carbonyl (C=O) groups excluding carboxylic acids is 1. The van der Waals surface area contributed by atoms with Crippen molar-refractivity contribution in [3.63, 3.8) is 0 Å². The van der Waals surface area contributed by atoms with Gasteiger partial charge in [-0.15, -0.1) is 0 Å². The average molecular weight is 393 g/mol. The highest BCUT2D eigenvalue weighted by Gasteiger charge is 2.23. The number of hydrogen-bond donors (Lipinski definition) is 1. The topological polar surface area (TPSA) is 61.3 Å². The molecule has 1 amide bonds. The summed E-state index contributed by atoms with van der Waals surface area (Å²) in [6.07, 6.45) is 5.47. The van der Waals surface area contributed by atoms with Gasteiger partial charge in [0.1, 0.15) is 5.56 Å². The van der Waals surface area contributed by atoms with Gasteiger partial charge in [0.2, 0.25) is 0 Å². The first kappa shape index (κ1) is 19.5. The summed E-state index contributed by atoms with van der Waals surface area (Å²) in [6.45, 7) is 5.58. The third-order valence-corrected chi connectivity index (χ3v) is 5.89. The summed E-state index contributed by atoms with van der Waals surface area (Å²) >= 11 is 0. The van der Waals surface area contributed by atoms with E-state index in [-0.39, 0.29) is 11.5 Å². The van der Waals surface area contributed by atoms with Crippen LogP contribution in [0.25, 0.3) is 10.9 Å². The molecule has 4 rings (SSSR count). The van der Waals surface area contributed by atoms with Crippen LogP contribution in [0.4, 0.5) is 0 Å². The molecule has 0 spiro atoms. The molecule has 0 atom stereocenters. The molecule has 3 aromatic rings. The highest BCUT2D eigenvalue weighted by Crippen LogP contribution is 2.18. The second kappa shape index (κ2) is 8.25. The van der Waals surface area contributed by atoms with Crippen molar-refractivity contribution in [2.24, 2.45) is 0 Å². The van der Waals surface area contributed by atoms with Crippen molar-refractivity contribution < 1.29 is 4.79 Å². The Bertz CT molecular complexity index is 1080.